The number of rotatable bonds is 5. The molecular formula is C10H20N2O3. The van der Waals surface area contributed by atoms with E-state index in [9.17, 15) is 4.79 Å². The van der Waals surface area contributed by atoms with Gasteiger partial charge in [0, 0.05) is 6.54 Å². The summed E-state index contributed by atoms with van der Waals surface area (Å²) < 4.78 is 4.65. The Balaban J connectivity index is 1.93. The molecule has 0 aromatic carbocycles. The van der Waals surface area contributed by atoms with Gasteiger partial charge in [-0.3, -0.25) is 4.84 Å². The van der Waals surface area contributed by atoms with Gasteiger partial charge in [-0.1, -0.05) is 6.42 Å². The summed E-state index contributed by atoms with van der Waals surface area (Å²) in [7, 11) is 0. The molecule has 0 unspecified atom stereocenters. The highest BCUT2D eigenvalue weighted by molar-refractivity contribution is 5.65. The molecule has 0 atom stereocenters. The molecule has 1 heterocycles. The van der Waals surface area contributed by atoms with Crippen molar-refractivity contribution >= 4 is 6.09 Å². The first-order valence-corrected chi connectivity index (χ1v) is 5.60. The number of nitrogens with one attached hydrogen (secondary N) is 1. The van der Waals surface area contributed by atoms with Crippen molar-refractivity contribution in [3.8, 4) is 0 Å². The Bertz CT molecular complexity index is 182. The minimum atomic E-state index is -0.517. The van der Waals surface area contributed by atoms with E-state index >= 15 is 0 Å². The Morgan fingerprint density at radius 1 is 1.33 bits per heavy atom. The highest BCUT2D eigenvalue weighted by Crippen LogP contribution is 2.07. The lowest BCUT2D eigenvalue weighted by Crippen LogP contribution is -2.35. The number of hydrogen-bond donors (Lipinski definition) is 1. The summed E-state index contributed by atoms with van der Waals surface area (Å²) in [6.45, 7) is 5.78. The highest BCUT2D eigenvalue weighted by Gasteiger charge is 2.09. The quantitative estimate of drug-likeness (QED) is 0.553. The third-order valence-corrected chi connectivity index (χ3v) is 2.39. The third-order valence-electron chi connectivity index (χ3n) is 2.39. The van der Waals surface area contributed by atoms with Gasteiger partial charge >= 0.3 is 6.09 Å². The van der Waals surface area contributed by atoms with Gasteiger partial charge in [-0.25, -0.2) is 4.79 Å². The molecule has 1 aliphatic heterocycles. The van der Waals surface area contributed by atoms with Crippen LogP contribution in [0.25, 0.3) is 0 Å². The molecule has 0 bridgehead atoms. The Hall–Kier alpha value is -0.810. The average Bonchev–Trinajstić information content (AvgIpc) is 2.26. The van der Waals surface area contributed by atoms with Crippen LogP contribution in [-0.2, 0) is 9.57 Å². The van der Waals surface area contributed by atoms with Crippen molar-refractivity contribution in [3.05, 3.63) is 0 Å². The topological polar surface area (TPSA) is 50.8 Å². The molecule has 88 valence electrons. The van der Waals surface area contributed by atoms with Gasteiger partial charge in [0.1, 0.15) is 0 Å². The van der Waals surface area contributed by atoms with E-state index in [1.165, 1.54) is 19.3 Å². The van der Waals surface area contributed by atoms with Crippen LogP contribution in [0.5, 0.6) is 0 Å². The zero-order chi connectivity index (χ0) is 10.9. The van der Waals surface area contributed by atoms with Crippen LogP contribution in [0.15, 0.2) is 0 Å². The summed E-state index contributed by atoms with van der Waals surface area (Å²) >= 11 is 0. The minimum Gasteiger partial charge on any atom is -0.448 e. The van der Waals surface area contributed by atoms with Gasteiger partial charge in [0.2, 0.25) is 0 Å². The molecule has 1 rings (SSSR count). The first-order chi connectivity index (χ1) is 7.33. The van der Waals surface area contributed by atoms with E-state index in [2.05, 4.69) is 15.1 Å². The monoisotopic (exact) mass is 216 g/mol. The molecule has 0 saturated carbocycles. The number of carbonyl (C=O) groups is 1. The molecule has 1 fully saturated rings. The van der Waals surface area contributed by atoms with Gasteiger partial charge in [0.05, 0.1) is 13.2 Å². The fraction of sp³-hybridized carbons (Fsp3) is 0.900. The summed E-state index contributed by atoms with van der Waals surface area (Å²) in [4.78, 5) is 18.2. The third kappa shape index (κ3) is 5.59. The van der Waals surface area contributed by atoms with Crippen molar-refractivity contribution < 1.29 is 14.4 Å². The molecule has 1 saturated heterocycles. The zero-order valence-corrected chi connectivity index (χ0v) is 9.33. The zero-order valence-electron chi connectivity index (χ0n) is 9.33. The number of hydroxylamine groups is 1. The molecule has 1 amide bonds. The fourth-order valence-corrected chi connectivity index (χ4v) is 1.63. The Labute approximate surface area is 90.7 Å². The van der Waals surface area contributed by atoms with Gasteiger partial charge in [-0.15, -0.1) is 0 Å². The normalized spacial score (nSPS) is 17.4. The Morgan fingerprint density at radius 2 is 2.07 bits per heavy atom. The van der Waals surface area contributed by atoms with E-state index < -0.39 is 6.09 Å². The molecule has 15 heavy (non-hydrogen) atoms. The standard InChI is InChI=1S/C10H20N2O3/c1-2-14-10(13)11-15-9-8-12-6-4-3-5-7-12/h2-9H2,1H3,(H,11,13). The van der Waals surface area contributed by atoms with Crippen LogP contribution >= 0.6 is 0 Å². The van der Waals surface area contributed by atoms with E-state index in [1.807, 2.05) is 0 Å². The number of ether oxygens (including phenoxy) is 1. The summed E-state index contributed by atoms with van der Waals surface area (Å²) in [5.41, 5.74) is 2.24. The second kappa shape index (κ2) is 7.48. The maximum absolute atomic E-state index is 10.8. The second-order valence-corrected chi connectivity index (χ2v) is 3.57. The Morgan fingerprint density at radius 3 is 2.73 bits per heavy atom. The lowest BCUT2D eigenvalue weighted by molar-refractivity contribution is 0.0171. The van der Waals surface area contributed by atoms with E-state index in [4.69, 9.17) is 4.84 Å². The largest absolute Gasteiger partial charge is 0.448 e. The summed E-state index contributed by atoms with van der Waals surface area (Å²) in [6, 6.07) is 0. The second-order valence-electron chi connectivity index (χ2n) is 3.57. The maximum Gasteiger partial charge on any atom is 0.431 e. The van der Waals surface area contributed by atoms with Gasteiger partial charge in [-0.05, 0) is 32.9 Å². The van der Waals surface area contributed by atoms with Crippen molar-refractivity contribution in [2.45, 2.75) is 26.2 Å². The number of likely N-dealkylation sites (tertiary alicyclic amines) is 1. The number of carbonyl (C=O) groups excluding carboxylic acids is 1. The SMILES string of the molecule is CCOC(=O)NOCCN1CCCCC1. The van der Waals surface area contributed by atoms with Crippen molar-refractivity contribution in [3.63, 3.8) is 0 Å². The fourth-order valence-electron chi connectivity index (χ4n) is 1.63. The Kier molecular flexibility index (Phi) is 6.11. The van der Waals surface area contributed by atoms with Crippen LogP contribution in [0.2, 0.25) is 0 Å². The molecule has 0 radical (unpaired) electrons. The molecule has 1 aliphatic rings. The van der Waals surface area contributed by atoms with E-state index in [0.717, 1.165) is 19.6 Å². The average molecular weight is 216 g/mol. The first-order valence-electron chi connectivity index (χ1n) is 5.60. The van der Waals surface area contributed by atoms with Crippen LogP contribution in [0, 0.1) is 0 Å². The lowest BCUT2D eigenvalue weighted by Gasteiger charge is -2.25. The number of hydrogen-bond acceptors (Lipinski definition) is 4. The van der Waals surface area contributed by atoms with Crippen molar-refractivity contribution in [2.75, 3.05) is 32.8 Å². The summed E-state index contributed by atoms with van der Waals surface area (Å²) in [6.07, 6.45) is 3.35. The molecule has 5 heteroatoms. The van der Waals surface area contributed by atoms with Crippen LogP contribution in [0.3, 0.4) is 0 Å². The van der Waals surface area contributed by atoms with Crippen molar-refractivity contribution in [1.29, 1.82) is 0 Å². The van der Waals surface area contributed by atoms with E-state index in [1.54, 1.807) is 6.92 Å². The molecular weight excluding hydrogens is 196 g/mol. The van der Waals surface area contributed by atoms with Gasteiger partial charge in [0.25, 0.3) is 0 Å². The maximum atomic E-state index is 10.8. The molecule has 5 nitrogen and oxygen atoms in total. The molecule has 0 aromatic heterocycles. The molecule has 0 aliphatic carbocycles. The van der Waals surface area contributed by atoms with Gasteiger partial charge in [-0.2, -0.15) is 5.48 Å². The number of amides is 1. The highest BCUT2D eigenvalue weighted by atomic mass is 16.7. The van der Waals surface area contributed by atoms with Crippen LogP contribution < -0.4 is 5.48 Å². The van der Waals surface area contributed by atoms with E-state index in [-0.39, 0.29) is 0 Å². The molecule has 0 aromatic rings. The van der Waals surface area contributed by atoms with Crippen molar-refractivity contribution in [1.82, 2.24) is 10.4 Å². The number of nitrogens with zero attached hydrogens (tertiary/aromatic N) is 1. The summed E-state index contributed by atoms with van der Waals surface area (Å²) in [5, 5.41) is 0. The predicted octanol–water partition coefficient (Wildman–Crippen LogP) is 1.15. The van der Waals surface area contributed by atoms with Gasteiger partial charge in [0.15, 0.2) is 0 Å². The smallest absolute Gasteiger partial charge is 0.431 e. The van der Waals surface area contributed by atoms with Crippen LogP contribution in [0.4, 0.5) is 4.79 Å². The first kappa shape index (κ1) is 12.3. The lowest BCUT2D eigenvalue weighted by atomic mass is 10.1. The summed E-state index contributed by atoms with van der Waals surface area (Å²) in [5.74, 6) is 0. The van der Waals surface area contributed by atoms with Crippen molar-refractivity contribution in [2.24, 2.45) is 0 Å². The van der Waals surface area contributed by atoms with Gasteiger partial charge < -0.3 is 9.64 Å². The number of piperidine rings is 1. The van der Waals surface area contributed by atoms with Crippen LogP contribution in [-0.4, -0.2) is 43.8 Å². The predicted molar refractivity (Wildman–Crippen MR) is 56.4 cm³/mol. The minimum absolute atomic E-state index is 0.362. The molecule has 0 spiro atoms. The molecule has 1 N–H and O–H groups in total. The van der Waals surface area contributed by atoms with E-state index in [0.29, 0.717) is 13.2 Å². The van der Waals surface area contributed by atoms with Crippen LogP contribution in [0.1, 0.15) is 26.2 Å².